The van der Waals surface area contributed by atoms with Gasteiger partial charge >= 0.3 is 0 Å². The highest BCUT2D eigenvalue weighted by Crippen LogP contribution is 2.47. The Hall–Kier alpha value is -4.30. The summed E-state index contributed by atoms with van der Waals surface area (Å²) in [6.07, 6.45) is 5.72. The molecule has 2 nitrogen and oxygen atoms in total. The molecule has 0 fully saturated rings. The van der Waals surface area contributed by atoms with Crippen molar-refractivity contribution >= 4 is 49.4 Å². The molecule has 6 rings (SSSR count). The zero-order valence-corrected chi connectivity index (χ0v) is 30.1. The van der Waals surface area contributed by atoms with E-state index in [1.807, 2.05) is 0 Å². The molecule has 2 atom stereocenters. The van der Waals surface area contributed by atoms with Gasteiger partial charge in [-0.3, -0.25) is 0 Å². The van der Waals surface area contributed by atoms with Gasteiger partial charge in [-0.25, -0.2) is 0 Å². The molecule has 6 aromatic carbocycles. The van der Waals surface area contributed by atoms with Gasteiger partial charge in [-0.2, -0.15) is 0 Å². The molecular formula is C45H52N2. The summed E-state index contributed by atoms with van der Waals surface area (Å²) in [4.78, 5) is 2.39. The maximum atomic E-state index is 4.10. The number of anilines is 3. The minimum atomic E-state index is 0.159. The lowest BCUT2D eigenvalue weighted by Crippen LogP contribution is -2.24. The van der Waals surface area contributed by atoms with E-state index in [9.17, 15) is 0 Å². The van der Waals surface area contributed by atoms with Gasteiger partial charge < -0.3 is 10.2 Å². The first-order valence-electron chi connectivity index (χ1n) is 17.6. The van der Waals surface area contributed by atoms with E-state index in [-0.39, 0.29) is 6.04 Å². The van der Waals surface area contributed by atoms with Crippen LogP contribution in [0.25, 0.3) is 32.3 Å². The van der Waals surface area contributed by atoms with Crippen LogP contribution in [0.4, 0.5) is 17.1 Å². The summed E-state index contributed by atoms with van der Waals surface area (Å²) >= 11 is 0. The predicted molar refractivity (Wildman–Crippen MR) is 209 cm³/mol. The quantitative estimate of drug-likeness (QED) is 0.121. The van der Waals surface area contributed by atoms with Gasteiger partial charge in [0.1, 0.15) is 0 Å². The summed E-state index contributed by atoms with van der Waals surface area (Å²) in [5.74, 6) is 1.10. The minimum absolute atomic E-state index is 0.159. The Bertz CT molecular complexity index is 2080. The SMILES string of the molecule is CC/C=C\C(Nc1cc(C(C)C)c2ccc3c(N(C)c4ccc(C)c(C)c4)cc(C(C)C)c4ccc1c2c43)C(C)c1ccccc1C. The number of hydrogen-bond donors (Lipinski definition) is 1. The van der Waals surface area contributed by atoms with E-state index in [2.05, 4.69) is 171 Å². The van der Waals surface area contributed by atoms with Crippen LogP contribution in [-0.2, 0) is 0 Å². The second-order valence-corrected chi connectivity index (χ2v) is 14.4. The maximum Gasteiger partial charge on any atom is 0.0510 e. The molecule has 0 bridgehead atoms. The zero-order valence-electron chi connectivity index (χ0n) is 30.1. The van der Waals surface area contributed by atoms with Crippen molar-refractivity contribution in [3.05, 3.63) is 124 Å². The third-order valence-corrected chi connectivity index (χ3v) is 10.5. The third-order valence-electron chi connectivity index (χ3n) is 10.5. The summed E-state index contributed by atoms with van der Waals surface area (Å²) in [6, 6.07) is 30.2. The molecular weight excluding hydrogens is 569 g/mol. The molecule has 0 aliphatic carbocycles. The maximum absolute atomic E-state index is 4.10. The van der Waals surface area contributed by atoms with Crippen LogP contribution in [-0.4, -0.2) is 13.1 Å². The minimum Gasteiger partial charge on any atom is -0.378 e. The second kappa shape index (κ2) is 13.1. The Labute approximate surface area is 282 Å². The summed E-state index contributed by atoms with van der Waals surface area (Å²) in [6.45, 7) is 20.5. The van der Waals surface area contributed by atoms with Crippen molar-refractivity contribution in [1.82, 2.24) is 0 Å². The third kappa shape index (κ3) is 5.88. The molecule has 0 radical (unpaired) electrons. The number of hydrogen-bond acceptors (Lipinski definition) is 2. The molecule has 0 aliphatic heterocycles. The average Bonchev–Trinajstić information content (AvgIpc) is 3.06. The van der Waals surface area contributed by atoms with E-state index in [1.165, 1.54) is 82.8 Å². The summed E-state index contributed by atoms with van der Waals surface area (Å²) in [5.41, 5.74) is 11.9. The Morgan fingerprint density at radius 3 is 1.89 bits per heavy atom. The Balaban J connectivity index is 1.62. The van der Waals surface area contributed by atoms with Gasteiger partial charge in [0.2, 0.25) is 0 Å². The average molecular weight is 621 g/mol. The number of nitrogens with one attached hydrogen (secondary N) is 1. The van der Waals surface area contributed by atoms with Crippen LogP contribution in [0.5, 0.6) is 0 Å². The van der Waals surface area contributed by atoms with Crippen LogP contribution < -0.4 is 10.2 Å². The van der Waals surface area contributed by atoms with E-state index in [1.54, 1.807) is 0 Å². The van der Waals surface area contributed by atoms with Crippen molar-refractivity contribution in [3.8, 4) is 0 Å². The standard InChI is InChI=1S/C45H52N2/c1-11-12-17-41(32(9)34-16-14-13-15-30(34)7)46-42-25-39(27(2)3)35-21-23-38-43(47(10)33-19-18-29(6)31(8)24-33)26-40(28(4)5)36-20-22-37(42)44(35)45(36)38/h12-28,32,41,46H,11H2,1-10H3/b17-12-. The largest absolute Gasteiger partial charge is 0.378 e. The van der Waals surface area contributed by atoms with Crippen molar-refractivity contribution in [1.29, 1.82) is 0 Å². The van der Waals surface area contributed by atoms with Crippen LogP contribution in [0, 0.1) is 20.8 Å². The molecule has 0 aromatic heterocycles. The summed E-state index contributed by atoms with van der Waals surface area (Å²) in [7, 11) is 2.23. The molecule has 0 amide bonds. The van der Waals surface area contributed by atoms with Gasteiger partial charge in [0.05, 0.1) is 6.04 Å². The van der Waals surface area contributed by atoms with Gasteiger partial charge in [0.15, 0.2) is 0 Å². The number of aryl methyl sites for hydroxylation is 3. The van der Waals surface area contributed by atoms with Crippen LogP contribution in [0.2, 0.25) is 0 Å². The lowest BCUT2D eigenvalue weighted by Gasteiger charge is -2.29. The number of benzene rings is 6. The summed E-state index contributed by atoms with van der Waals surface area (Å²) < 4.78 is 0. The highest BCUT2D eigenvalue weighted by molar-refractivity contribution is 6.28. The fraction of sp³-hybridized carbons (Fsp3) is 0.333. The molecule has 0 aliphatic rings. The normalized spacial score (nSPS) is 13.5. The van der Waals surface area contributed by atoms with Crippen molar-refractivity contribution < 1.29 is 0 Å². The van der Waals surface area contributed by atoms with Gasteiger partial charge in [-0.15, -0.1) is 0 Å². The highest BCUT2D eigenvalue weighted by Gasteiger charge is 2.24. The van der Waals surface area contributed by atoms with E-state index in [0.717, 1.165) is 6.42 Å². The van der Waals surface area contributed by atoms with E-state index >= 15 is 0 Å². The Morgan fingerprint density at radius 2 is 1.26 bits per heavy atom. The fourth-order valence-corrected chi connectivity index (χ4v) is 7.55. The van der Waals surface area contributed by atoms with Crippen LogP contribution in [0.1, 0.15) is 99.1 Å². The fourth-order valence-electron chi connectivity index (χ4n) is 7.55. The molecule has 0 saturated carbocycles. The molecule has 1 N–H and O–H groups in total. The van der Waals surface area contributed by atoms with Gasteiger partial charge in [0.25, 0.3) is 0 Å². The Morgan fingerprint density at radius 1 is 0.638 bits per heavy atom. The van der Waals surface area contributed by atoms with Gasteiger partial charge in [-0.1, -0.05) is 108 Å². The first kappa shape index (κ1) is 32.6. The molecule has 47 heavy (non-hydrogen) atoms. The molecule has 6 aromatic rings. The predicted octanol–water partition coefficient (Wildman–Crippen LogP) is 13.1. The molecule has 0 heterocycles. The smallest absolute Gasteiger partial charge is 0.0510 e. The van der Waals surface area contributed by atoms with Crippen molar-refractivity contribution in [2.24, 2.45) is 0 Å². The molecule has 0 saturated heterocycles. The molecule has 2 unspecified atom stereocenters. The first-order valence-corrected chi connectivity index (χ1v) is 17.6. The van der Waals surface area contributed by atoms with E-state index < -0.39 is 0 Å². The molecule has 0 spiro atoms. The molecule has 2 heteroatoms. The number of nitrogens with zero attached hydrogens (tertiary/aromatic N) is 1. The van der Waals surface area contributed by atoms with E-state index in [4.69, 9.17) is 0 Å². The number of allylic oxidation sites excluding steroid dienone is 1. The first-order chi connectivity index (χ1) is 22.5. The van der Waals surface area contributed by atoms with Crippen molar-refractivity contribution in [2.75, 3.05) is 17.3 Å². The van der Waals surface area contributed by atoms with Crippen LogP contribution in [0.3, 0.4) is 0 Å². The topological polar surface area (TPSA) is 15.3 Å². The van der Waals surface area contributed by atoms with Crippen LogP contribution >= 0.6 is 0 Å². The Kier molecular flexibility index (Phi) is 9.07. The highest BCUT2D eigenvalue weighted by atomic mass is 15.1. The van der Waals surface area contributed by atoms with E-state index in [0.29, 0.717) is 17.8 Å². The molecule has 242 valence electrons. The summed E-state index contributed by atoms with van der Waals surface area (Å²) in [5, 5.41) is 12.2. The van der Waals surface area contributed by atoms with Gasteiger partial charge in [-0.05, 0) is 118 Å². The monoisotopic (exact) mass is 620 g/mol. The van der Waals surface area contributed by atoms with Crippen molar-refractivity contribution in [3.63, 3.8) is 0 Å². The number of rotatable bonds is 10. The second-order valence-electron chi connectivity index (χ2n) is 14.4. The lowest BCUT2D eigenvalue weighted by molar-refractivity contribution is 0.695. The van der Waals surface area contributed by atoms with Gasteiger partial charge in [0, 0.05) is 40.8 Å². The lowest BCUT2D eigenvalue weighted by atomic mass is 9.84. The van der Waals surface area contributed by atoms with Crippen molar-refractivity contribution in [2.45, 2.75) is 92.5 Å². The van der Waals surface area contributed by atoms with Crippen LogP contribution in [0.15, 0.2) is 91.0 Å². The zero-order chi connectivity index (χ0) is 33.6.